The van der Waals surface area contributed by atoms with E-state index in [9.17, 15) is 13.2 Å². The Morgan fingerprint density at radius 3 is 2.58 bits per heavy atom. The molecule has 0 aliphatic carbocycles. The molecule has 0 atom stereocenters. The van der Waals surface area contributed by atoms with E-state index in [1.807, 2.05) is 0 Å². The van der Waals surface area contributed by atoms with Gasteiger partial charge >= 0.3 is 6.18 Å². The van der Waals surface area contributed by atoms with Gasteiger partial charge in [0.05, 0.1) is 0 Å². The summed E-state index contributed by atoms with van der Waals surface area (Å²) in [7, 11) is 0. The quantitative estimate of drug-likeness (QED) is 0.743. The lowest BCUT2D eigenvalue weighted by atomic mass is 10.4. The van der Waals surface area contributed by atoms with Crippen LogP contribution in [0.5, 0.6) is 0 Å². The Kier molecular flexibility index (Phi) is 2.37. The van der Waals surface area contributed by atoms with Gasteiger partial charge in [0.1, 0.15) is 6.26 Å². The first kappa shape index (κ1) is 9.05. The first-order valence-electron chi connectivity index (χ1n) is 3.25. The molecule has 1 rings (SSSR count). The zero-order valence-corrected chi connectivity index (χ0v) is 6.06. The summed E-state index contributed by atoms with van der Waals surface area (Å²) in [5.74, 6) is 0.0184. The SMILES string of the molecule is NCCc1nc(C(F)(F)F)co1. The van der Waals surface area contributed by atoms with Gasteiger partial charge in [-0.15, -0.1) is 0 Å². The molecule has 0 aliphatic rings. The maximum absolute atomic E-state index is 11.9. The third-order valence-corrected chi connectivity index (χ3v) is 1.20. The highest BCUT2D eigenvalue weighted by molar-refractivity contribution is 5.00. The van der Waals surface area contributed by atoms with E-state index in [1.165, 1.54) is 0 Å². The van der Waals surface area contributed by atoms with Crippen LogP contribution in [0.3, 0.4) is 0 Å². The van der Waals surface area contributed by atoms with Gasteiger partial charge in [0.2, 0.25) is 0 Å². The van der Waals surface area contributed by atoms with Crippen molar-refractivity contribution in [1.82, 2.24) is 4.98 Å². The minimum absolute atomic E-state index is 0.0184. The topological polar surface area (TPSA) is 52.0 Å². The average molecular weight is 180 g/mol. The molecule has 1 aromatic heterocycles. The van der Waals surface area contributed by atoms with Crippen LogP contribution in [-0.4, -0.2) is 11.5 Å². The number of hydrogen-bond donors (Lipinski definition) is 1. The zero-order valence-electron chi connectivity index (χ0n) is 6.06. The number of nitrogens with two attached hydrogens (primary N) is 1. The van der Waals surface area contributed by atoms with Crippen molar-refractivity contribution in [2.24, 2.45) is 5.73 Å². The fourth-order valence-corrected chi connectivity index (χ4v) is 0.679. The molecule has 1 heterocycles. The Morgan fingerprint density at radius 2 is 2.17 bits per heavy atom. The summed E-state index contributed by atoms with van der Waals surface area (Å²) in [5, 5.41) is 0. The summed E-state index contributed by atoms with van der Waals surface area (Å²) >= 11 is 0. The minimum Gasteiger partial charge on any atom is -0.448 e. The molecule has 3 nitrogen and oxygen atoms in total. The van der Waals surface area contributed by atoms with E-state index in [0.29, 0.717) is 6.26 Å². The zero-order chi connectivity index (χ0) is 9.19. The van der Waals surface area contributed by atoms with Gasteiger partial charge in [-0.3, -0.25) is 0 Å². The second-order valence-electron chi connectivity index (χ2n) is 2.16. The molecule has 6 heteroatoms. The van der Waals surface area contributed by atoms with E-state index >= 15 is 0 Å². The van der Waals surface area contributed by atoms with Crippen molar-refractivity contribution in [2.45, 2.75) is 12.6 Å². The first-order valence-corrected chi connectivity index (χ1v) is 3.25. The maximum Gasteiger partial charge on any atom is 0.436 e. The van der Waals surface area contributed by atoms with Crippen LogP contribution in [0.15, 0.2) is 10.7 Å². The van der Waals surface area contributed by atoms with Crippen molar-refractivity contribution in [2.75, 3.05) is 6.54 Å². The predicted molar refractivity (Wildman–Crippen MR) is 34.3 cm³/mol. The molecule has 0 bridgehead atoms. The van der Waals surface area contributed by atoms with Crippen LogP contribution >= 0.6 is 0 Å². The summed E-state index contributed by atoms with van der Waals surface area (Å²) in [4.78, 5) is 3.20. The Balaban J connectivity index is 2.77. The smallest absolute Gasteiger partial charge is 0.436 e. The van der Waals surface area contributed by atoms with Crippen molar-refractivity contribution in [3.05, 3.63) is 17.8 Å². The third kappa shape index (κ3) is 1.97. The standard InChI is InChI=1S/C6H7F3N2O/c7-6(8,9)4-3-12-5(11-4)1-2-10/h3H,1-2,10H2. The lowest BCUT2D eigenvalue weighted by molar-refractivity contribution is -0.141. The number of rotatable bonds is 2. The van der Waals surface area contributed by atoms with Crippen molar-refractivity contribution in [3.63, 3.8) is 0 Å². The second kappa shape index (κ2) is 3.14. The van der Waals surface area contributed by atoms with Crippen molar-refractivity contribution in [3.8, 4) is 0 Å². The fourth-order valence-electron chi connectivity index (χ4n) is 0.679. The monoisotopic (exact) mass is 180 g/mol. The maximum atomic E-state index is 11.9. The molecule has 0 saturated carbocycles. The summed E-state index contributed by atoms with van der Waals surface area (Å²) in [6, 6.07) is 0. The van der Waals surface area contributed by atoms with Gasteiger partial charge in [-0.05, 0) is 0 Å². The minimum atomic E-state index is -4.43. The Morgan fingerprint density at radius 1 is 1.50 bits per heavy atom. The van der Waals surface area contributed by atoms with Crippen LogP contribution in [0.25, 0.3) is 0 Å². The highest BCUT2D eigenvalue weighted by Gasteiger charge is 2.34. The molecule has 0 fully saturated rings. The Hall–Kier alpha value is -1.04. The van der Waals surface area contributed by atoms with Gasteiger partial charge in [-0.1, -0.05) is 0 Å². The van der Waals surface area contributed by atoms with Gasteiger partial charge in [0, 0.05) is 13.0 Å². The molecule has 0 unspecified atom stereocenters. The number of hydrogen-bond acceptors (Lipinski definition) is 3. The van der Waals surface area contributed by atoms with E-state index < -0.39 is 11.9 Å². The predicted octanol–water partition coefficient (Wildman–Crippen LogP) is 1.19. The Bertz CT molecular complexity index is 256. The van der Waals surface area contributed by atoms with Crippen LogP contribution < -0.4 is 5.73 Å². The van der Waals surface area contributed by atoms with E-state index in [-0.39, 0.29) is 18.9 Å². The van der Waals surface area contributed by atoms with Gasteiger partial charge in [0.25, 0.3) is 0 Å². The second-order valence-corrected chi connectivity index (χ2v) is 2.16. The molecule has 0 amide bonds. The molecule has 0 aromatic carbocycles. The van der Waals surface area contributed by atoms with Gasteiger partial charge in [-0.25, -0.2) is 4.98 Å². The summed E-state index contributed by atoms with van der Waals surface area (Å²) in [6.45, 7) is 0.220. The van der Waals surface area contributed by atoms with Crippen LogP contribution in [0.1, 0.15) is 11.6 Å². The highest BCUT2D eigenvalue weighted by Crippen LogP contribution is 2.28. The highest BCUT2D eigenvalue weighted by atomic mass is 19.4. The molecule has 0 aliphatic heterocycles. The van der Waals surface area contributed by atoms with Crippen LogP contribution in [0.2, 0.25) is 0 Å². The van der Waals surface area contributed by atoms with Crippen LogP contribution in [-0.2, 0) is 12.6 Å². The third-order valence-electron chi connectivity index (χ3n) is 1.20. The fraction of sp³-hybridized carbons (Fsp3) is 0.500. The number of aromatic nitrogens is 1. The molecule has 2 N–H and O–H groups in total. The summed E-state index contributed by atoms with van der Waals surface area (Å²) in [6.07, 6.45) is -3.63. The van der Waals surface area contributed by atoms with Gasteiger partial charge < -0.3 is 10.2 Å². The molecular formula is C6H7F3N2O. The molecular weight excluding hydrogens is 173 g/mol. The molecule has 0 saturated heterocycles. The van der Waals surface area contributed by atoms with E-state index in [4.69, 9.17) is 5.73 Å². The number of alkyl halides is 3. The molecule has 1 aromatic rings. The first-order chi connectivity index (χ1) is 5.54. The number of oxazole rings is 1. The summed E-state index contributed by atoms with van der Waals surface area (Å²) in [5.41, 5.74) is 4.09. The molecule has 12 heavy (non-hydrogen) atoms. The van der Waals surface area contributed by atoms with Crippen LogP contribution in [0.4, 0.5) is 13.2 Å². The largest absolute Gasteiger partial charge is 0.448 e. The van der Waals surface area contributed by atoms with E-state index in [0.717, 1.165) is 0 Å². The molecule has 0 radical (unpaired) electrons. The van der Waals surface area contributed by atoms with Gasteiger partial charge in [0.15, 0.2) is 11.6 Å². The van der Waals surface area contributed by atoms with Crippen LogP contribution in [0, 0.1) is 0 Å². The lowest BCUT2D eigenvalue weighted by Gasteiger charge is -1.97. The van der Waals surface area contributed by atoms with E-state index in [1.54, 1.807) is 0 Å². The Labute approximate surface area is 66.4 Å². The summed E-state index contributed by atoms with van der Waals surface area (Å²) < 4.78 is 40.2. The van der Waals surface area contributed by atoms with Gasteiger partial charge in [-0.2, -0.15) is 13.2 Å². The molecule has 68 valence electrons. The lowest BCUT2D eigenvalue weighted by Crippen LogP contribution is -2.07. The van der Waals surface area contributed by atoms with Crippen molar-refractivity contribution >= 4 is 0 Å². The molecule has 0 spiro atoms. The average Bonchev–Trinajstić information content (AvgIpc) is 2.35. The van der Waals surface area contributed by atoms with Crippen molar-refractivity contribution < 1.29 is 17.6 Å². The number of halogens is 3. The number of nitrogens with zero attached hydrogens (tertiary/aromatic N) is 1. The van der Waals surface area contributed by atoms with Crippen molar-refractivity contribution in [1.29, 1.82) is 0 Å². The normalized spacial score (nSPS) is 12.0. The van der Waals surface area contributed by atoms with E-state index in [2.05, 4.69) is 9.40 Å².